The van der Waals surface area contributed by atoms with Crippen LogP contribution in [0.25, 0.3) is 10.8 Å². The van der Waals surface area contributed by atoms with Crippen LogP contribution in [0.15, 0.2) is 63.7 Å². The Morgan fingerprint density at radius 2 is 1.75 bits per heavy atom. The van der Waals surface area contributed by atoms with Crippen LogP contribution in [0.3, 0.4) is 0 Å². The Hall–Kier alpha value is -3.21. The molecule has 2 aromatic carbocycles. The summed E-state index contributed by atoms with van der Waals surface area (Å²) < 4.78 is 1.37. The van der Waals surface area contributed by atoms with Crippen LogP contribution in [0.1, 0.15) is 55.2 Å². The van der Waals surface area contributed by atoms with Crippen molar-refractivity contribution >= 4 is 16.6 Å². The molecule has 5 nitrogen and oxygen atoms in total. The maximum atomic E-state index is 13.6. The SMILES string of the molecule is CC(C)=CCn1c(C(=O)c2cccc3ccccc23)c(C(C)C)c(=O)[nH]c1=O. The van der Waals surface area contributed by atoms with E-state index in [0.717, 1.165) is 16.3 Å². The van der Waals surface area contributed by atoms with E-state index in [1.165, 1.54) is 4.57 Å². The van der Waals surface area contributed by atoms with E-state index in [2.05, 4.69) is 4.98 Å². The van der Waals surface area contributed by atoms with Crippen molar-refractivity contribution in [2.45, 2.75) is 40.2 Å². The number of allylic oxidation sites excluding steroid dienone is 2. The van der Waals surface area contributed by atoms with Gasteiger partial charge in [-0.15, -0.1) is 0 Å². The molecule has 0 aliphatic carbocycles. The molecule has 0 aliphatic heterocycles. The van der Waals surface area contributed by atoms with E-state index in [4.69, 9.17) is 0 Å². The van der Waals surface area contributed by atoms with Gasteiger partial charge in [0.25, 0.3) is 5.56 Å². The zero-order chi connectivity index (χ0) is 20.4. The molecule has 1 heterocycles. The third-order valence-electron chi connectivity index (χ3n) is 4.74. The molecule has 1 aromatic heterocycles. The first-order valence-corrected chi connectivity index (χ1v) is 9.34. The van der Waals surface area contributed by atoms with Gasteiger partial charge < -0.3 is 0 Å². The number of aromatic amines is 1. The second kappa shape index (κ2) is 7.80. The predicted octanol–water partition coefficient (Wildman–Crippen LogP) is 4.01. The lowest BCUT2D eigenvalue weighted by atomic mass is 9.94. The summed E-state index contributed by atoms with van der Waals surface area (Å²) in [4.78, 5) is 41.1. The minimum atomic E-state index is -0.574. The van der Waals surface area contributed by atoms with Gasteiger partial charge in [0.05, 0.1) is 0 Å². The fraction of sp³-hybridized carbons (Fsp3) is 0.261. The number of nitrogens with zero attached hydrogens (tertiary/aromatic N) is 1. The Labute approximate surface area is 163 Å². The fourth-order valence-electron chi connectivity index (χ4n) is 3.37. The monoisotopic (exact) mass is 376 g/mol. The lowest BCUT2D eigenvalue weighted by Gasteiger charge is -2.17. The molecule has 0 saturated heterocycles. The van der Waals surface area contributed by atoms with E-state index in [1.807, 2.05) is 70.2 Å². The number of ketones is 1. The highest BCUT2D eigenvalue weighted by Gasteiger charge is 2.25. The highest BCUT2D eigenvalue weighted by atomic mass is 16.2. The largest absolute Gasteiger partial charge is 0.329 e. The molecular weight excluding hydrogens is 352 g/mol. The van der Waals surface area contributed by atoms with E-state index in [-0.39, 0.29) is 23.9 Å². The van der Waals surface area contributed by atoms with Crippen LogP contribution in [0, 0.1) is 0 Å². The van der Waals surface area contributed by atoms with Crippen molar-refractivity contribution in [1.82, 2.24) is 9.55 Å². The van der Waals surface area contributed by atoms with Crippen molar-refractivity contribution in [2.24, 2.45) is 0 Å². The number of nitrogens with one attached hydrogen (secondary N) is 1. The Balaban J connectivity index is 2.35. The van der Waals surface area contributed by atoms with Gasteiger partial charge >= 0.3 is 5.69 Å². The van der Waals surface area contributed by atoms with Crippen molar-refractivity contribution < 1.29 is 4.79 Å². The molecule has 144 valence electrons. The Morgan fingerprint density at radius 1 is 1.07 bits per heavy atom. The predicted molar refractivity (Wildman–Crippen MR) is 112 cm³/mol. The minimum absolute atomic E-state index is 0.164. The first kappa shape index (κ1) is 19.5. The first-order valence-electron chi connectivity index (χ1n) is 9.34. The summed E-state index contributed by atoms with van der Waals surface area (Å²) in [6, 6.07) is 13.1. The normalized spacial score (nSPS) is 11.0. The Kier molecular flexibility index (Phi) is 5.45. The third-order valence-corrected chi connectivity index (χ3v) is 4.74. The maximum absolute atomic E-state index is 13.6. The highest BCUT2D eigenvalue weighted by molar-refractivity contribution is 6.16. The van der Waals surface area contributed by atoms with Crippen molar-refractivity contribution in [1.29, 1.82) is 0 Å². The standard InChI is InChI=1S/C23H24N2O3/c1-14(2)12-13-25-20(19(15(3)4)22(27)24-23(25)28)21(26)18-11-7-9-16-8-5-6-10-17(16)18/h5-12,15H,13H2,1-4H3,(H,24,27,28). The number of aromatic nitrogens is 2. The summed E-state index contributed by atoms with van der Waals surface area (Å²) in [6.45, 7) is 7.77. The first-order chi connectivity index (χ1) is 13.3. The summed E-state index contributed by atoms with van der Waals surface area (Å²) >= 11 is 0. The summed E-state index contributed by atoms with van der Waals surface area (Å²) in [7, 11) is 0. The molecule has 1 N–H and O–H groups in total. The van der Waals surface area contributed by atoms with Crippen molar-refractivity contribution in [3.63, 3.8) is 0 Å². The van der Waals surface area contributed by atoms with E-state index < -0.39 is 11.2 Å². The molecule has 0 amide bonds. The maximum Gasteiger partial charge on any atom is 0.329 e. The molecule has 0 fully saturated rings. The number of carbonyl (C=O) groups excluding carboxylic acids is 1. The van der Waals surface area contributed by atoms with Gasteiger partial charge in [0.1, 0.15) is 5.69 Å². The van der Waals surface area contributed by atoms with E-state index in [9.17, 15) is 14.4 Å². The summed E-state index contributed by atoms with van der Waals surface area (Å²) in [6.07, 6.45) is 1.86. The Bertz CT molecular complexity index is 1190. The van der Waals surface area contributed by atoms with E-state index in [1.54, 1.807) is 6.07 Å². The minimum Gasteiger partial charge on any atom is -0.287 e. The lowest BCUT2D eigenvalue weighted by molar-refractivity contribution is 0.102. The molecule has 0 saturated carbocycles. The zero-order valence-electron chi connectivity index (χ0n) is 16.6. The molecule has 0 radical (unpaired) electrons. The summed E-state index contributed by atoms with van der Waals surface area (Å²) in [5.74, 6) is -0.526. The molecule has 0 unspecified atom stereocenters. The summed E-state index contributed by atoms with van der Waals surface area (Å²) in [5, 5.41) is 1.73. The molecule has 0 aliphatic rings. The molecule has 0 atom stereocenters. The van der Waals surface area contributed by atoms with Crippen molar-refractivity contribution in [3.05, 3.63) is 91.8 Å². The number of hydrogen-bond acceptors (Lipinski definition) is 3. The molecule has 28 heavy (non-hydrogen) atoms. The zero-order valence-corrected chi connectivity index (χ0v) is 16.6. The van der Waals surface area contributed by atoms with E-state index in [0.29, 0.717) is 11.1 Å². The average molecular weight is 376 g/mol. The molecule has 5 heteroatoms. The number of hydrogen-bond donors (Lipinski definition) is 1. The van der Waals surface area contributed by atoms with Gasteiger partial charge in [-0.3, -0.25) is 19.1 Å². The van der Waals surface area contributed by atoms with Crippen LogP contribution in [0.4, 0.5) is 0 Å². The van der Waals surface area contributed by atoms with Gasteiger partial charge in [-0.05, 0) is 30.5 Å². The van der Waals surface area contributed by atoms with Crippen molar-refractivity contribution in [3.8, 4) is 0 Å². The van der Waals surface area contributed by atoms with Crippen molar-refractivity contribution in [2.75, 3.05) is 0 Å². The van der Waals surface area contributed by atoms with Gasteiger partial charge in [-0.25, -0.2) is 4.79 Å². The summed E-state index contributed by atoms with van der Waals surface area (Å²) in [5.41, 5.74) is 0.925. The van der Waals surface area contributed by atoms with Gasteiger partial charge in [0.15, 0.2) is 0 Å². The highest BCUT2D eigenvalue weighted by Crippen LogP contribution is 2.24. The van der Waals surface area contributed by atoms with Crippen LogP contribution in [0.5, 0.6) is 0 Å². The Morgan fingerprint density at radius 3 is 2.43 bits per heavy atom. The van der Waals surface area contributed by atoms with Crippen LogP contribution in [0.2, 0.25) is 0 Å². The quantitative estimate of drug-likeness (QED) is 0.540. The second-order valence-electron chi connectivity index (χ2n) is 7.42. The average Bonchev–Trinajstić information content (AvgIpc) is 2.65. The number of rotatable bonds is 5. The van der Waals surface area contributed by atoms with Gasteiger partial charge in [0, 0.05) is 17.7 Å². The smallest absolute Gasteiger partial charge is 0.287 e. The number of benzene rings is 2. The van der Waals surface area contributed by atoms with Crippen LogP contribution in [-0.4, -0.2) is 15.3 Å². The number of carbonyl (C=O) groups is 1. The molecular formula is C23H24N2O3. The van der Waals surface area contributed by atoms with Gasteiger partial charge in [-0.1, -0.05) is 68.0 Å². The van der Waals surface area contributed by atoms with Crippen LogP contribution in [-0.2, 0) is 6.54 Å². The molecule has 3 aromatic rings. The molecule has 3 rings (SSSR count). The van der Waals surface area contributed by atoms with Crippen LogP contribution < -0.4 is 11.2 Å². The number of H-pyrrole nitrogens is 1. The van der Waals surface area contributed by atoms with Gasteiger partial charge in [0.2, 0.25) is 5.78 Å². The topological polar surface area (TPSA) is 71.9 Å². The fourth-order valence-corrected chi connectivity index (χ4v) is 3.37. The second-order valence-corrected chi connectivity index (χ2v) is 7.42. The third kappa shape index (κ3) is 3.60. The lowest BCUT2D eigenvalue weighted by Crippen LogP contribution is -2.37. The molecule has 0 spiro atoms. The van der Waals surface area contributed by atoms with E-state index >= 15 is 0 Å². The van der Waals surface area contributed by atoms with Gasteiger partial charge in [-0.2, -0.15) is 0 Å². The van der Waals surface area contributed by atoms with Crippen LogP contribution >= 0.6 is 0 Å². The molecule has 0 bridgehead atoms. The number of fused-ring (bicyclic) bond motifs is 1.